The summed E-state index contributed by atoms with van der Waals surface area (Å²) in [5, 5.41) is 8.05. The zero-order valence-electron chi connectivity index (χ0n) is 9.48. The Kier molecular flexibility index (Phi) is 3.89. The molecule has 0 aliphatic rings. The zero-order chi connectivity index (χ0) is 12.3. The number of rotatable bonds is 4. The molecular weight excluding hydrogens is 285 g/mol. The predicted molar refractivity (Wildman–Crippen MR) is 67.5 cm³/mol. The second-order valence-electron chi connectivity index (χ2n) is 3.81. The Hall–Kier alpha value is -1.23. The van der Waals surface area contributed by atoms with Gasteiger partial charge in [0.2, 0.25) is 0 Å². The molecule has 0 bridgehead atoms. The summed E-state index contributed by atoms with van der Waals surface area (Å²) in [6, 6.07) is 6.70. The monoisotopic (exact) mass is 297 g/mol. The lowest BCUT2D eigenvalue weighted by Crippen LogP contribution is -2.02. The Morgan fingerprint density at radius 3 is 2.88 bits per heavy atom. The van der Waals surface area contributed by atoms with E-state index in [0.717, 1.165) is 12.1 Å². The fraction of sp³-hybridized carbons (Fsp3) is 0.333. The summed E-state index contributed by atoms with van der Waals surface area (Å²) in [7, 11) is 0. The first-order chi connectivity index (χ1) is 8.20. The third-order valence-corrected chi connectivity index (χ3v) is 3.64. The molecule has 0 amide bonds. The number of benzene rings is 1. The molecule has 0 N–H and O–H groups in total. The van der Waals surface area contributed by atoms with Crippen molar-refractivity contribution in [3.63, 3.8) is 0 Å². The molecular formula is C12H13BrFN3. The van der Waals surface area contributed by atoms with Crippen molar-refractivity contribution in [2.45, 2.75) is 24.7 Å². The Morgan fingerprint density at radius 1 is 1.41 bits per heavy atom. The van der Waals surface area contributed by atoms with E-state index in [-0.39, 0.29) is 10.6 Å². The third-order valence-electron chi connectivity index (χ3n) is 2.53. The van der Waals surface area contributed by atoms with Crippen molar-refractivity contribution in [1.82, 2.24) is 15.0 Å². The highest BCUT2D eigenvalue weighted by Crippen LogP contribution is 2.23. The summed E-state index contributed by atoms with van der Waals surface area (Å²) in [4.78, 5) is 0.205. The van der Waals surface area contributed by atoms with Crippen LogP contribution in [0.25, 0.3) is 0 Å². The average Bonchev–Trinajstić information content (AvgIpc) is 2.80. The number of halogens is 2. The van der Waals surface area contributed by atoms with Crippen LogP contribution < -0.4 is 0 Å². The lowest BCUT2D eigenvalue weighted by atomic mass is 10.2. The van der Waals surface area contributed by atoms with Gasteiger partial charge in [-0.2, -0.15) is 0 Å². The molecule has 0 saturated carbocycles. The fourth-order valence-corrected chi connectivity index (χ4v) is 1.75. The van der Waals surface area contributed by atoms with E-state index in [1.807, 2.05) is 12.3 Å². The number of nitrogens with zero attached hydrogens (tertiary/aromatic N) is 3. The minimum absolute atomic E-state index is 0.205. The summed E-state index contributed by atoms with van der Waals surface area (Å²) < 4.78 is 15.1. The molecule has 0 fully saturated rings. The molecule has 2 rings (SSSR count). The quantitative estimate of drug-likeness (QED) is 0.811. The van der Waals surface area contributed by atoms with E-state index in [9.17, 15) is 4.39 Å². The standard InChI is InChI=1S/C12H13BrFN3/c1-2-10(13)12-8-17(16-15-12)7-9-5-3-4-6-11(9)14/h3-6,8,10H,2,7H2,1H3. The van der Waals surface area contributed by atoms with Crippen LogP contribution in [0.1, 0.15) is 29.4 Å². The van der Waals surface area contributed by atoms with Gasteiger partial charge >= 0.3 is 0 Å². The second kappa shape index (κ2) is 5.40. The molecule has 1 unspecified atom stereocenters. The van der Waals surface area contributed by atoms with Crippen molar-refractivity contribution in [3.8, 4) is 0 Å². The fourth-order valence-electron chi connectivity index (χ4n) is 1.54. The number of hydrogen-bond donors (Lipinski definition) is 0. The van der Waals surface area contributed by atoms with Gasteiger partial charge in [-0.1, -0.05) is 46.3 Å². The molecule has 1 aromatic carbocycles. The highest BCUT2D eigenvalue weighted by Gasteiger charge is 2.10. The Bertz CT molecular complexity index is 498. The van der Waals surface area contributed by atoms with Crippen LogP contribution in [0.2, 0.25) is 0 Å². The molecule has 5 heteroatoms. The summed E-state index contributed by atoms with van der Waals surface area (Å²) in [6.07, 6.45) is 2.79. The van der Waals surface area contributed by atoms with Gasteiger partial charge in [-0.05, 0) is 12.5 Å². The third kappa shape index (κ3) is 2.91. The van der Waals surface area contributed by atoms with Crippen LogP contribution in [0.3, 0.4) is 0 Å². The van der Waals surface area contributed by atoms with Gasteiger partial charge in [-0.3, -0.25) is 0 Å². The van der Waals surface area contributed by atoms with E-state index in [4.69, 9.17) is 0 Å². The molecule has 0 aliphatic heterocycles. The molecule has 17 heavy (non-hydrogen) atoms. The van der Waals surface area contributed by atoms with Gasteiger partial charge in [0.25, 0.3) is 0 Å². The van der Waals surface area contributed by atoms with Crippen LogP contribution in [0, 0.1) is 5.82 Å². The lowest BCUT2D eigenvalue weighted by Gasteiger charge is -2.02. The summed E-state index contributed by atoms with van der Waals surface area (Å²) >= 11 is 3.51. The summed E-state index contributed by atoms with van der Waals surface area (Å²) in [5.74, 6) is -0.213. The lowest BCUT2D eigenvalue weighted by molar-refractivity contribution is 0.577. The Morgan fingerprint density at radius 2 is 2.18 bits per heavy atom. The van der Waals surface area contributed by atoms with Crippen LogP contribution >= 0.6 is 15.9 Å². The predicted octanol–water partition coefficient (Wildman–Crippen LogP) is 3.31. The van der Waals surface area contributed by atoms with Crippen LogP contribution in [0.5, 0.6) is 0 Å². The van der Waals surface area contributed by atoms with Crippen LogP contribution in [-0.2, 0) is 6.54 Å². The first kappa shape index (κ1) is 12.2. The molecule has 3 nitrogen and oxygen atoms in total. The molecule has 0 spiro atoms. The van der Waals surface area contributed by atoms with Crippen molar-refractivity contribution in [2.24, 2.45) is 0 Å². The second-order valence-corrected chi connectivity index (χ2v) is 4.91. The van der Waals surface area contributed by atoms with Crippen molar-refractivity contribution < 1.29 is 4.39 Å². The molecule has 0 aliphatic carbocycles. The molecule has 0 radical (unpaired) electrons. The van der Waals surface area contributed by atoms with Crippen molar-refractivity contribution in [3.05, 3.63) is 47.5 Å². The van der Waals surface area contributed by atoms with Gasteiger partial charge in [0.15, 0.2) is 0 Å². The topological polar surface area (TPSA) is 30.7 Å². The first-order valence-corrected chi connectivity index (χ1v) is 6.39. The summed E-state index contributed by atoms with van der Waals surface area (Å²) in [6.45, 7) is 2.47. The highest BCUT2D eigenvalue weighted by atomic mass is 79.9. The van der Waals surface area contributed by atoms with Crippen molar-refractivity contribution in [2.75, 3.05) is 0 Å². The van der Waals surface area contributed by atoms with Crippen molar-refractivity contribution >= 4 is 15.9 Å². The van der Waals surface area contributed by atoms with E-state index in [1.54, 1.807) is 16.8 Å². The largest absolute Gasteiger partial charge is 0.248 e. The van der Waals surface area contributed by atoms with Gasteiger partial charge < -0.3 is 0 Å². The Labute approximate surface area is 108 Å². The maximum absolute atomic E-state index is 13.4. The normalized spacial score (nSPS) is 12.6. The molecule has 1 aromatic heterocycles. The van der Waals surface area contributed by atoms with E-state index in [1.165, 1.54) is 6.07 Å². The van der Waals surface area contributed by atoms with Crippen LogP contribution in [0.15, 0.2) is 30.5 Å². The smallest absolute Gasteiger partial charge is 0.128 e. The zero-order valence-corrected chi connectivity index (χ0v) is 11.1. The Balaban J connectivity index is 2.14. The van der Waals surface area contributed by atoms with Gasteiger partial charge in [-0.25, -0.2) is 9.07 Å². The van der Waals surface area contributed by atoms with Gasteiger partial charge in [-0.15, -0.1) is 5.10 Å². The van der Waals surface area contributed by atoms with Crippen LogP contribution in [-0.4, -0.2) is 15.0 Å². The SMILES string of the molecule is CCC(Br)c1cn(Cc2ccccc2F)nn1. The molecule has 90 valence electrons. The van der Waals surface area contributed by atoms with Gasteiger partial charge in [0.1, 0.15) is 5.82 Å². The number of hydrogen-bond acceptors (Lipinski definition) is 2. The van der Waals surface area contributed by atoms with Crippen molar-refractivity contribution in [1.29, 1.82) is 0 Å². The molecule has 2 aromatic rings. The van der Waals surface area contributed by atoms with E-state index < -0.39 is 0 Å². The average molecular weight is 298 g/mol. The molecule has 1 heterocycles. The van der Waals surface area contributed by atoms with Gasteiger partial charge in [0.05, 0.1) is 17.1 Å². The maximum Gasteiger partial charge on any atom is 0.128 e. The van der Waals surface area contributed by atoms with Gasteiger partial charge in [0, 0.05) is 11.8 Å². The van der Waals surface area contributed by atoms with E-state index >= 15 is 0 Å². The summed E-state index contributed by atoms with van der Waals surface area (Å²) in [5.41, 5.74) is 1.50. The maximum atomic E-state index is 13.4. The molecule has 0 saturated heterocycles. The van der Waals surface area contributed by atoms with E-state index in [2.05, 4.69) is 33.2 Å². The first-order valence-electron chi connectivity index (χ1n) is 5.48. The number of aromatic nitrogens is 3. The number of alkyl halides is 1. The molecule has 1 atom stereocenters. The minimum Gasteiger partial charge on any atom is -0.248 e. The van der Waals surface area contributed by atoms with E-state index in [0.29, 0.717) is 12.1 Å². The minimum atomic E-state index is -0.213. The van der Waals surface area contributed by atoms with Crippen LogP contribution in [0.4, 0.5) is 4.39 Å². The highest BCUT2D eigenvalue weighted by molar-refractivity contribution is 9.09.